The predicted octanol–water partition coefficient (Wildman–Crippen LogP) is 2.97. The highest BCUT2D eigenvalue weighted by Gasteiger charge is 2.01. The quantitative estimate of drug-likeness (QED) is 0.278. The number of nitrogens with zero attached hydrogens (tertiary/aromatic N) is 1. The molecule has 2 N–H and O–H groups in total. The molecule has 0 saturated heterocycles. The molecule has 4 nitrogen and oxygen atoms in total. The van der Waals surface area contributed by atoms with Crippen molar-refractivity contribution in [3.63, 3.8) is 0 Å². The molecule has 0 aromatic heterocycles. The molecule has 0 amide bonds. The standard InChI is InChI=1S/C16H26FN3O.HI/c1-18-16(19-11-6-3-7-13-21-2)20-12-10-14-8-4-5-9-15(14)17;/h4-5,8-9H,3,6-7,10-13H2,1-2H3,(H2,18,19,20);1H. The van der Waals surface area contributed by atoms with Crippen LogP contribution in [0.25, 0.3) is 0 Å². The van der Waals surface area contributed by atoms with Crippen LogP contribution in [0.3, 0.4) is 0 Å². The SMILES string of the molecule is CN=C(NCCCCCOC)NCCc1ccccc1F.I. The third-order valence-electron chi connectivity index (χ3n) is 3.19. The maximum absolute atomic E-state index is 13.5. The molecule has 22 heavy (non-hydrogen) atoms. The van der Waals surface area contributed by atoms with Gasteiger partial charge in [0.2, 0.25) is 0 Å². The number of hydrogen-bond acceptors (Lipinski definition) is 2. The van der Waals surface area contributed by atoms with Crippen LogP contribution in [0.2, 0.25) is 0 Å². The Bertz CT molecular complexity index is 430. The van der Waals surface area contributed by atoms with Gasteiger partial charge in [-0.2, -0.15) is 0 Å². The number of guanidine groups is 1. The van der Waals surface area contributed by atoms with Gasteiger partial charge in [0.1, 0.15) is 5.82 Å². The molecule has 0 aliphatic rings. The average molecular weight is 423 g/mol. The van der Waals surface area contributed by atoms with Gasteiger partial charge in [0.05, 0.1) is 0 Å². The minimum absolute atomic E-state index is 0. The van der Waals surface area contributed by atoms with Gasteiger partial charge in [0.25, 0.3) is 0 Å². The first-order valence-electron chi connectivity index (χ1n) is 7.44. The van der Waals surface area contributed by atoms with Gasteiger partial charge in [-0.15, -0.1) is 24.0 Å². The summed E-state index contributed by atoms with van der Waals surface area (Å²) in [5, 5.41) is 6.45. The number of unbranched alkanes of at least 4 members (excludes halogenated alkanes) is 2. The van der Waals surface area contributed by atoms with Gasteiger partial charge >= 0.3 is 0 Å². The lowest BCUT2D eigenvalue weighted by atomic mass is 10.1. The van der Waals surface area contributed by atoms with Crippen LogP contribution in [-0.4, -0.2) is 39.8 Å². The lowest BCUT2D eigenvalue weighted by molar-refractivity contribution is 0.192. The van der Waals surface area contributed by atoms with E-state index in [0.29, 0.717) is 13.0 Å². The number of rotatable bonds is 9. The summed E-state index contributed by atoms with van der Waals surface area (Å²) in [4.78, 5) is 4.15. The number of methoxy groups -OCH3 is 1. The minimum atomic E-state index is -0.152. The number of halogens is 2. The molecule has 0 unspecified atom stereocenters. The zero-order chi connectivity index (χ0) is 15.3. The van der Waals surface area contributed by atoms with E-state index in [4.69, 9.17) is 4.74 Å². The predicted molar refractivity (Wildman–Crippen MR) is 101 cm³/mol. The summed E-state index contributed by atoms with van der Waals surface area (Å²) in [6.45, 7) is 2.35. The second-order valence-corrected chi connectivity index (χ2v) is 4.82. The maximum Gasteiger partial charge on any atom is 0.190 e. The lowest BCUT2D eigenvalue weighted by Crippen LogP contribution is -2.38. The van der Waals surface area contributed by atoms with Crippen molar-refractivity contribution in [2.24, 2.45) is 4.99 Å². The van der Waals surface area contributed by atoms with Crippen LogP contribution in [0, 0.1) is 5.82 Å². The van der Waals surface area contributed by atoms with Crippen molar-refractivity contribution >= 4 is 29.9 Å². The Morgan fingerprint density at radius 2 is 1.86 bits per heavy atom. The smallest absolute Gasteiger partial charge is 0.190 e. The topological polar surface area (TPSA) is 45.7 Å². The molecule has 1 aromatic carbocycles. The van der Waals surface area contributed by atoms with Gasteiger partial charge in [-0.1, -0.05) is 18.2 Å². The summed E-state index contributed by atoms with van der Waals surface area (Å²) >= 11 is 0. The fourth-order valence-corrected chi connectivity index (χ4v) is 1.99. The Balaban J connectivity index is 0.00000441. The molecule has 0 aliphatic carbocycles. The molecule has 0 radical (unpaired) electrons. The van der Waals surface area contributed by atoms with Crippen LogP contribution in [0.4, 0.5) is 4.39 Å². The van der Waals surface area contributed by atoms with Crippen LogP contribution >= 0.6 is 24.0 Å². The number of hydrogen-bond donors (Lipinski definition) is 2. The lowest BCUT2D eigenvalue weighted by Gasteiger charge is -2.12. The van der Waals surface area contributed by atoms with E-state index in [-0.39, 0.29) is 29.8 Å². The van der Waals surface area contributed by atoms with Crippen LogP contribution in [0.1, 0.15) is 24.8 Å². The molecule has 1 aromatic rings. The van der Waals surface area contributed by atoms with Gasteiger partial charge < -0.3 is 15.4 Å². The Kier molecular flexibility index (Phi) is 13.2. The summed E-state index contributed by atoms with van der Waals surface area (Å²) in [5.41, 5.74) is 0.722. The van der Waals surface area contributed by atoms with Crippen molar-refractivity contribution in [1.29, 1.82) is 0 Å². The highest BCUT2D eigenvalue weighted by atomic mass is 127. The third kappa shape index (κ3) is 9.19. The molecule has 0 bridgehead atoms. The normalized spacial score (nSPS) is 11.0. The summed E-state index contributed by atoms with van der Waals surface area (Å²) in [6, 6.07) is 6.85. The van der Waals surface area contributed by atoms with Crippen molar-refractivity contribution in [2.45, 2.75) is 25.7 Å². The first kappa shape index (κ1) is 21.1. The van der Waals surface area contributed by atoms with E-state index < -0.39 is 0 Å². The molecule has 0 heterocycles. The van der Waals surface area contributed by atoms with Crippen LogP contribution < -0.4 is 10.6 Å². The molecule has 0 spiro atoms. The highest BCUT2D eigenvalue weighted by Crippen LogP contribution is 2.06. The fraction of sp³-hybridized carbons (Fsp3) is 0.562. The van der Waals surface area contributed by atoms with E-state index in [0.717, 1.165) is 43.9 Å². The van der Waals surface area contributed by atoms with E-state index in [2.05, 4.69) is 15.6 Å². The molecule has 0 aliphatic heterocycles. The Hall–Kier alpha value is -0.890. The molecule has 0 saturated carbocycles. The first-order valence-corrected chi connectivity index (χ1v) is 7.44. The fourth-order valence-electron chi connectivity index (χ4n) is 1.99. The van der Waals surface area contributed by atoms with Gasteiger partial charge in [0.15, 0.2) is 5.96 Å². The van der Waals surface area contributed by atoms with Crippen LogP contribution in [-0.2, 0) is 11.2 Å². The van der Waals surface area contributed by atoms with E-state index in [1.165, 1.54) is 6.07 Å². The van der Waals surface area contributed by atoms with Crippen molar-refractivity contribution in [2.75, 3.05) is 33.9 Å². The second-order valence-electron chi connectivity index (χ2n) is 4.82. The summed E-state index contributed by atoms with van der Waals surface area (Å²) in [7, 11) is 3.46. The zero-order valence-electron chi connectivity index (χ0n) is 13.4. The minimum Gasteiger partial charge on any atom is -0.385 e. The van der Waals surface area contributed by atoms with Crippen molar-refractivity contribution < 1.29 is 9.13 Å². The largest absolute Gasteiger partial charge is 0.385 e. The Morgan fingerprint density at radius 1 is 1.14 bits per heavy atom. The molecule has 0 atom stereocenters. The van der Waals surface area contributed by atoms with E-state index in [1.807, 2.05) is 12.1 Å². The van der Waals surface area contributed by atoms with Gasteiger partial charge in [-0.05, 0) is 37.3 Å². The summed E-state index contributed by atoms with van der Waals surface area (Å²) in [6.07, 6.45) is 3.93. The molecule has 6 heteroatoms. The maximum atomic E-state index is 13.5. The molecular weight excluding hydrogens is 396 g/mol. The molecular formula is C16H27FIN3O. The van der Waals surface area contributed by atoms with E-state index in [9.17, 15) is 4.39 Å². The first-order chi connectivity index (χ1) is 10.3. The molecule has 1 rings (SSSR count). The Morgan fingerprint density at radius 3 is 2.55 bits per heavy atom. The van der Waals surface area contributed by atoms with Crippen molar-refractivity contribution in [1.82, 2.24) is 10.6 Å². The second kappa shape index (κ2) is 13.8. The van der Waals surface area contributed by atoms with Crippen LogP contribution in [0.5, 0.6) is 0 Å². The van der Waals surface area contributed by atoms with Crippen molar-refractivity contribution in [3.05, 3.63) is 35.6 Å². The van der Waals surface area contributed by atoms with Gasteiger partial charge in [-0.3, -0.25) is 4.99 Å². The molecule has 0 fully saturated rings. The summed E-state index contributed by atoms with van der Waals surface area (Å²) < 4.78 is 18.5. The summed E-state index contributed by atoms with van der Waals surface area (Å²) in [5.74, 6) is 0.610. The van der Waals surface area contributed by atoms with Crippen LogP contribution in [0.15, 0.2) is 29.3 Å². The number of ether oxygens (including phenoxy) is 1. The molecule has 126 valence electrons. The number of nitrogens with one attached hydrogen (secondary N) is 2. The monoisotopic (exact) mass is 423 g/mol. The van der Waals surface area contributed by atoms with Gasteiger partial charge in [-0.25, -0.2) is 4.39 Å². The van der Waals surface area contributed by atoms with Gasteiger partial charge in [0, 0.05) is 33.9 Å². The third-order valence-corrected chi connectivity index (χ3v) is 3.19. The highest BCUT2D eigenvalue weighted by molar-refractivity contribution is 14.0. The van der Waals surface area contributed by atoms with E-state index in [1.54, 1.807) is 20.2 Å². The number of aliphatic imine (C=N–C) groups is 1. The van der Waals surface area contributed by atoms with Crippen molar-refractivity contribution in [3.8, 4) is 0 Å². The average Bonchev–Trinajstić information content (AvgIpc) is 2.50. The zero-order valence-corrected chi connectivity index (χ0v) is 15.7. The number of benzene rings is 1. The van der Waals surface area contributed by atoms with E-state index >= 15 is 0 Å². The Labute approximate surface area is 149 Å².